The maximum absolute atomic E-state index is 12.0. The summed E-state index contributed by atoms with van der Waals surface area (Å²) in [5.74, 6) is 0. The van der Waals surface area contributed by atoms with E-state index in [0.29, 0.717) is 5.13 Å². The van der Waals surface area contributed by atoms with Crippen molar-refractivity contribution in [2.24, 2.45) is 0 Å². The van der Waals surface area contributed by atoms with Crippen LogP contribution in [0.25, 0.3) is 0 Å². The van der Waals surface area contributed by atoms with Crippen molar-refractivity contribution in [1.82, 2.24) is 4.98 Å². The Kier molecular flexibility index (Phi) is 3.60. The molecule has 1 aromatic heterocycles. The van der Waals surface area contributed by atoms with Gasteiger partial charge in [0.2, 0.25) is 0 Å². The molecular weight excluding hydrogens is 270 g/mol. The summed E-state index contributed by atoms with van der Waals surface area (Å²) in [6.45, 7) is 0. The van der Waals surface area contributed by atoms with Gasteiger partial charge in [-0.1, -0.05) is 12.1 Å². The van der Waals surface area contributed by atoms with Gasteiger partial charge in [-0.25, -0.2) is 13.4 Å². The van der Waals surface area contributed by atoms with Gasteiger partial charge in [-0.15, -0.1) is 11.3 Å². The number of anilines is 1. The summed E-state index contributed by atoms with van der Waals surface area (Å²) in [7, 11) is -3.60. The van der Waals surface area contributed by atoms with Gasteiger partial charge in [0.1, 0.15) is 0 Å². The molecule has 2 rings (SSSR count). The van der Waals surface area contributed by atoms with Crippen LogP contribution >= 0.6 is 11.3 Å². The summed E-state index contributed by atoms with van der Waals surface area (Å²) >= 11 is 1.21. The van der Waals surface area contributed by atoms with E-state index in [0.717, 1.165) is 5.56 Å². The molecule has 7 heteroatoms. The zero-order chi connectivity index (χ0) is 13.0. The van der Waals surface area contributed by atoms with Gasteiger partial charge < -0.3 is 0 Å². The molecule has 0 aliphatic rings. The molecule has 0 atom stereocenters. The van der Waals surface area contributed by atoms with Crippen molar-refractivity contribution in [3.63, 3.8) is 0 Å². The minimum Gasteiger partial charge on any atom is -0.255 e. The maximum atomic E-state index is 12.0. The molecule has 0 spiro atoms. The van der Waals surface area contributed by atoms with E-state index in [1.165, 1.54) is 29.7 Å². The standard InChI is InChI=1S/C11H9N3O2S2/c12-6-5-9-1-3-10(4-2-9)18(15,16)14-11-13-7-8-17-11/h1-4,7-8H,5H2,(H,13,14). The Hall–Kier alpha value is -1.91. The first-order valence-corrected chi connectivity index (χ1v) is 7.36. The van der Waals surface area contributed by atoms with Crippen molar-refractivity contribution in [1.29, 1.82) is 5.26 Å². The molecule has 0 unspecified atom stereocenters. The van der Waals surface area contributed by atoms with Crippen LogP contribution in [0.15, 0.2) is 40.7 Å². The highest BCUT2D eigenvalue weighted by molar-refractivity contribution is 7.93. The minimum absolute atomic E-state index is 0.152. The molecule has 92 valence electrons. The number of rotatable bonds is 4. The summed E-state index contributed by atoms with van der Waals surface area (Å²) < 4.78 is 26.3. The molecule has 1 heterocycles. The lowest BCUT2D eigenvalue weighted by Gasteiger charge is -2.05. The predicted octanol–water partition coefficient (Wildman–Crippen LogP) is 2.01. The molecule has 1 aromatic carbocycles. The number of nitriles is 1. The average molecular weight is 279 g/mol. The molecule has 0 fully saturated rings. The Balaban J connectivity index is 2.22. The van der Waals surface area contributed by atoms with Gasteiger partial charge in [0.05, 0.1) is 17.4 Å². The van der Waals surface area contributed by atoms with E-state index in [-0.39, 0.29) is 11.3 Å². The largest absolute Gasteiger partial charge is 0.263 e. The van der Waals surface area contributed by atoms with Crippen LogP contribution in [-0.2, 0) is 16.4 Å². The van der Waals surface area contributed by atoms with E-state index in [4.69, 9.17) is 5.26 Å². The lowest BCUT2D eigenvalue weighted by atomic mass is 10.2. The van der Waals surface area contributed by atoms with E-state index < -0.39 is 10.0 Å². The number of aromatic nitrogens is 1. The lowest BCUT2D eigenvalue weighted by Crippen LogP contribution is -2.12. The molecule has 0 aliphatic carbocycles. The van der Waals surface area contributed by atoms with Crippen molar-refractivity contribution in [2.45, 2.75) is 11.3 Å². The molecule has 18 heavy (non-hydrogen) atoms. The third-order valence-corrected chi connectivity index (χ3v) is 4.34. The summed E-state index contributed by atoms with van der Waals surface area (Å²) in [5, 5.41) is 10.6. The normalized spacial score (nSPS) is 10.8. The van der Waals surface area contributed by atoms with E-state index in [9.17, 15) is 8.42 Å². The topological polar surface area (TPSA) is 82.8 Å². The van der Waals surface area contributed by atoms with Gasteiger partial charge in [0.15, 0.2) is 5.13 Å². The second-order valence-corrected chi connectivity index (χ2v) is 6.00. The van der Waals surface area contributed by atoms with E-state index >= 15 is 0 Å². The number of hydrogen-bond donors (Lipinski definition) is 1. The van der Waals surface area contributed by atoms with Crippen molar-refractivity contribution >= 4 is 26.5 Å². The van der Waals surface area contributed by atoms with Crippen LogP contribution in [0.5, 0.6) is 0 Å². The number of nitrogens with one attached hydrogen (secondary N) is 1. The van der Waals surface area contributed by atoms with Gasteiger partial charge in [-0.3, -0.25) is 4.72 Å². The zero-order valence-corrected chi connectivity index (χ0v) is 10.8. The monoisotopic (exact) mass is 279 g/mol. The summed E-state index contributed by atoms with van der Waals surface area (Å²) in [4.78, 5) is 4.01. The van der Waals surface area contributed by atoms with Gasteiger partial charge in [0.25, 0.3) is 10.0 Å². The first-order valence-electron chi connectivity index (χ1n) is 5.00. The van der Waals surface area contributed by atoms with Crippen LogP contribution in [-0.4, -0.2) is 13.4 Å². The third-order valence-electron chi connectivity index (χ3n) is 2.17. The minimum atomic E-state index is -3.60. The summed E-state index contributed by atoms with van der Waals surface area (Å²) in [6, 6.07) is 8.20. The zero-order valence-electron chi connectivity index (χ0n) is 9.20. The molecule has 0 radical (unpaired) electrons. The van der Waals surface area contributed by atoms with Crippen LogP contribution in [0.4, 0.5) is 5.13 Å². The van der Waals surface area contributed by atoms with Crippen molar-refractivity contribution in [2.75, 3.05) is 4.72 Å². The Labute approximate surface area is 109 Å². The number of thiazole rings is 1. The first kappa shape index (κ1) is 12.5. The van der Waals surface area contributed by atoms with E-state index in [1.807, 2.05) is 6.07 Å². The van der Waals surface area contributed by atoms with Gasteiger partial charge >= 0.3 is 0 Å². The summed E-state index contributed by atoms with van der Waals surface area (Å²) in [6.07, 6.45) is 1.79. The van der Waals surface area contributed by atoms with Crippen LogP contribution in [0.2, 0.25) is 0 Å². The maximum Gasteiger partial charge on any atom is 0.263 e. The highest BCUT2D eigenvalue weighted by Crippen LogP contribution is 2.18. The Morgan fingerprint density at radius 3 is 2.61 bits per heavy atom. The number of nitrogens with zero attached hydrogens (tertiary/aromatic N) is 2. The van der Waals surface area contributed by atoms with Crippen LogP contribution in [0, 0.1) is 11.3 Å². The van der Waals surface area contributed by atoms with Gasteiger partial charge in [-0.05, 0) is 17.7 Å². The van der Waals surface area contributed by atoms with Gasteiger partial charge in [0, 0.05) is 11.6 Å². The molecule has 0 aliphatic heterocycles. The Morgan fingerprint density at radius 2 is 2.06 bits per heavy atom. The predicted molar refractivity (Wildman–Crippen MR) is 68.7 cm³/mol. The van der Waals surface area contributed by atoms with E-state index in [1.54, 1.807) is 17.5 Å². The van der Waals surface area contributed by atoms with Gasteiger partial charge in [-0.2, -0.15) is 5.26 Å². The molecule has 0 amide bonds. The van der Waals surface area contributed by atoms with E-state index in [2.05, 4.69) is 9.71 Å². The van der Waals surface area contributed by atoms with Crippen molar-refractivity contribution < 1.29 is 8.42 Å². The highest BCUT2D eigenvalue weighted by atomic mass is 32.2. The van der Waals surface area contributed by atoms with Crippen LogP contribution in [0.3, 0.4) is 0 Å². The second-order valence-electron chi connectivity index (χ2n) is 3.42. The SMILES string of the molecule is N#CCc1ccc(S(=O)(=O)Nc2nccs2)cc1. The fourth-order valence-corrected chi connectivity index (χ4v) is 3.11. The fourth-order valence-electron chi connectivity index (χ4n) is 1.33. The van der Waals surface area contributed by atoms with Crippen LogP contribution in [0.1, 0.15) is 5.56 Å². The van der Waals surface area contributed by atoms with Crippen molar-refractivity contribution in [3.8, 4) is 6.07 Å². The first-order chi connectivity index (χ1) is 8.62. The fraction of sp³-hybridized carbons (Fsp3) is 0.0909. The third kappa shape index (κ3) is 2.85. The molecule has 0 saturated carbocycles. The molecule has 5 nitrogen and oxygen atoms in total. The highest BCUT2D eigenvalue weighted by Gasteiger charge is 2.14. The molecular formula is C11H9N3O2S2. The molecule has 2 aromatic rings. The average Bonchev–Trinajstić information content (AvgIpc) is 2.82. The molecule has 0 bridgehead atoms. The smallest absolute Gasteiger partial charge is 0.255 e. The molecule has 0 saturated heterocycles. The Morgan fingerprint density at radius 1 is 1.33 bits per heavy atom. The van der Waals surface area contributed by atoms with Crippen molar-refractivity contribution in [3.05, 3.63) is 41.4 Å². The quantitative estimate of drug-likeness (QED) is 0.928. The Bertz CT molecular complexity index is 655. The molecule has 1 N–H and O–H groups in total. The summed E-state index contributed by atoms with van der Waals surface area (Å²) in [5.41, 5.74) is 0.783. The van der Waals surface area contributed by atoms with Crippen LogP contribution < -0.4 is 4.72 Å². The number of benzene rings is 1. The number of hydrogen-bond acceptors (Lipinski definition) is 5. The number of sulfonamides is 1. The second kappa shape index (κ2) is 5.16. The lowest BCUT2D eigenvalue weighted by molar-refractivity contribution is 0.601.